The summed E-state index contributed by atoms with van der Waals surface area (Å²) in [6.45, 7) is 5.23. The molecule has 0 N–H and O–H groups in total. The highest BCUT2D eigenvalue weighted by Crippen LogP contribution is 2.18. The average Bonchev–Trinajstić information content (AvgIpc) is 2.96. The van der Waals surface area contributed by atoms with E-state index in [1.54, 1.807) is 4.90 Å². The van der Waals surface area contributed by atoms with Gasteiger partial charge in [0.15, 0.2) is 0 Å². The lowest BCUT2D eigenvalue weighted by atomic mass is 10.2. The number of nitrogens with zero attached hydrogens (tertiary/aromatic N) is 4. The molecule has 2 rings (SSSR count). The molecule has 0 atom stereocenters. The van der Waals surface area contributed by atoms with Gasteiger partial charge in [0.2, 0.25) is 5.16 Å². The average molecular weight is 290 g/mol. The van der Waals surface area contributed by atoms with Crippen LogP contribution in [0.1, 0.15) is 19.4 Å². The van der Waals surface area contributed by atoms with E-state index in [1.165, 1.54) is 28.3 Å². The Hall–Kier alpha value is -1.82. The second kappa shape index (κ2) is 7.09. The van der Waals surface area contributed by atoms with Crippen LogP contribution in [0.2, 0.25) is 0 Å². The lowest BCUT2D eigenvalue weighted by Gasteiger charge is -2.17. The van der Waals surface area contributed by atoms with E-state index in [4.69, 9.17) is 0 Å². The summed E-state index contributed by atoms with van der Waals surface area (Å²) >= 11 is 1.52. The molecule has 0 aliphatic rings. The van der Waals surface area contributed by atoms with Crippen molar-refractivity contribution in [2.45, 2.75) is 24.8 Å². The van der Waals surface area contributed by atoms with E-state index in [1.807, 2.05) is 32.0 Å². The van der Waals surface area contributed by atoms with Gasteiger partial charge in [0, 0.05) is 18.8 Å². The lowest BCUT2D eigenvalue weighted by Crippen LogP contribution is -2.34. The third-order valence-corrected chi connectivity index (χ3v) is 3.83. The first-order valence-electron chi connectivity index (χ1n) is 6.62. The number of hydrogen-bond donors (Lipinski definition) is 0. The Morgan fingerprint density at radius 3 is 2.60 bits per heavy atom. The van der Waals surface area contributed by atoms with Gasteiger partial charge in [-0.25, -0.2) is 9.78 Å². The molecule has 6 heteroatoms. The molecule has 1 heterocycles. The Morgan fingerprint density at radius 1 is 1.25 bits per heavy atom. The Kier molecular flexibility index (Phi) is 5.17. The molecule has 0 aliphatic carbocycles. The number of benzene rings is 1. The van der Waals surface area contributed by atoms with Crippen molar-refractivity contribution in [3.63, 3.8) is 0 Å². The molecule has 1 aromatic heterocycles. The van der Waals surface area contributed by atoms with E-state index < -0.39 is 0 Å². The minimum absolute atomic E-state index is 0.130. The highest BCUT2D eigenvalue weighted by Gasteiger charge is 2.14. The van der Waals surface area contributed by atoms with Crippen molar-refractivity contribution in [2.75, 3.05) is 13.1 Å². The summed E-state index contributed by atoms with van der Waals surface area (Å²) < 4.78 is 1.31. The second-order valence-corrected chi connectivity index (χ2v) is 5.14. The smallest absolute Gasteiger partial charge is 0.323 e. The van der Waals surface area contributed by atoms with Crippen molar-refractivity contribution < 1.29 is 4.79 Å². The number of carbonyl (C=O) groups excluding carboxylic acids is 1. The van der Waals surface area contributed by atoms with Gasteiger partial charge in [-0.1, -0.05) is 42.1 Å². The molecule has 2 aromatic rings. The molecule has 1 aromatic carbocycles. The first-order valence-corrected chi connectivity index (χ1v) is 7.60. The van der Waals surface area contributed by atoms with E-state index in [0.29, 0.717) is 18.2 Å². The predicted octanol–water partition coefficient (Wildman–Crippen LogP) is 2.88. The van der Waals surface area contributed by atoms with Gasteiger partial charge >= 0.3 is 6.03 Å². The monoisotopic (exact) mass is 290 g/mol. The van der Waals surface area contributed by atoms with Crippen molar-refractivity contribution in [1.29, 1.82) is 0 Å². The van der Waals surface area contributed by atoms with E-state index >= 15 is 0 Å². The van der Waals surface area contributed by atoms with Crippen molar-refractivity contribution >= 4 is 17.8 Å². The van der Waals surface area contributed by atoms with Gasteiger partial charge in [-0.3, -0.25) is 0 Å². The van der Waals surface area contributed by atoms with Crippen LogP contribution in [-0.4, -0.2) is 38.8 Å². The molecule has 0 bridgehead atoms. The van der Waals surface area contributed by atoms with Gasteiger partial charge in [-0.05, 0) is 19.4 Å². The van der Waals surface area contributed by atoms with Crippen molar-refractivity contribution in [3.05, 3.63) is 42.2 Å². The van der Waals surface area contributed by atoms with Crippen LogP contribution in [0.5, 0.6) is 0 Å². The first kappa shape index (κ1) is 14.6. The summed E-state index contributed by atoms with van der Waals surface area (Å²) in [6.07, 6.45) is 1.48. The molecule has 5 nitrogen and oxygen atoms in total. The molecule has 0 fully saturated rings. The van der Waals surface area contributed by atoms with Crippen LogP contribution in [0, 0.1) is 0 Å². The zero-order valence-electron chi connectivity index (χ0n) is 11.7. The maximum Gasteiger partial charge on any atom is 0.346 e. The Morgan fingerprint density at radius 2 is 1.95 bits per heavy atom. The molecular formula is C14H18N4OS. The van der Waals surface area contributed by atoms with E-state index in [2.05, 4.69) is 22.2 Å². The lowest BCUT2D eigenvalue weighted by molar-refractivity contribution is 0.201. The zero-order valence-corrected chi connectivity index (χ0v) is 12.5. The highest BCUT2D eigenvalue weighted by atomic mass is 32.2. The summed E-state index contributed by atoms with van der Waals surface area (Å²) in [5.74, 6) is 0.796. The number of amides is 1. The van der Waals surface area contributed by atoms with Gasteiger partial charge < -0.3 is 4.90 Å². The Labute approximate surface area is 123 Å². The van der Waals surface area contributed by atoms with Crippen molar-refractivity contribution in [1.82, 2.24) is 19.7 Å². The molecular weight excluding hydrogens is 272 g/mol. The van der Waals surface area contributed by atoms with Crippen molar-refractivity contribution in [3.8, 4) is 0 Å². The minimum atomic E-state index is -0.130. The van der Waals surface area contributed by atoms with Gasteiger partial charge in [0.25, 0.3) is 0 Å². The Balaban J connectivity index is 1.97. The molecule has 1 amide bonds. The largest absolute Gasteiger partial charge is 0.346 e. The summed E-state index contributed by atoms with van der Waals surface area (Å²) in [6, 6.07) is 9.99. The standard InChI is InChI=1S/C14H18N4OS/c1-3-17(4-2)14(19)18-11-15-13(16-18)20-10-12-8-6-5-7-9-12/h5-9,11H,3-4,10H2,1-2H3. The van der Waals surface area contributed by atoms with Gasteiger partial charge in [-0.2, -0.15) is 4.68 Å². The fourth-order valence-corrected chi connectivity index (χ4v) is 2.52. The normalized spacial score (nSPS) is 10.5. The fraction of sp³-hybridized carbons (Fsp3) is 0.357. The number of hydrogen-bond acceptors (Lipinski definition) is 4. The zero-order chi connectivity index (χ0) is 14.4. The third kappa shape index (κ3) is 3.60. The number of rotatable bonds is 5. The maximum atomic E-state index is 12.1. The summed E-state index contributed by atoms with van der Waals surface area (Å²) in [5.41, 5.74) is 1.21. The molecule has 0 saturated heterocycles. The third-order valence-electron chi connectivity index (χ3n) is 2.91. The molecule has 106 valence electrons. The molecule has 0 saturated carbocycles. The quantitative estimate of drug-likeness (QED) is 0.795. The molecule has 0 aliphatic heterocycles. The predicted molar refractivity (Wildman–Crippen MR) is 79.7 cm³/mol. The maximum absolute atomic E-state index is 12.1. The van der Waals surface area contributed by atoms with E-state index in [-0.39, 0.29) is 6.03 Å². The van der Waals surface area contributed by atoms with Crippen LogP contribution in [0.15, 0.2) is 41.8 Å². The molecule has 0 radical (unpaired) electrons. The van der Waals surface area contributed by atoms with E-state index in [0.717, 1.165) is 5.75 Å². The second-order valence-electron chi connectivity index (χ2n) is 4.20. The summed E-state index contributed by atoms with van der Waals surface area (Å²) in [5, 5.41) is 4.84. The van der Waals surface area contributed by atoms with Gasteiger partial charge in [0.05, 0.1) is 0 Å². The van der Waals surface area contributed by atoms with Crippen LogP contribution < -0.4 is 0 Å². The number of carbonyl (C=O) groups is 1. The number of aromatic nitrogens is 3. The topological polar surface area (TPSA) is 51.0 Å². The van der Waals surface area contributed by atoms with Gasteiger partial charge in [0.1, 0.15) is 6.33 Å². The van der Waals surface area contributed by atoms with E-state index in [9.17, 15) is 4.79 Å². The minimum Gasteiger partial charge on any atom is -0.323 e. The summed E-state index contributed by atoms with van der Waals surface area (Å²) in [7, 11) is 0. The van der Waals surface area contributed by atoms with Crippen LogP contribution in [0.25, 0.3) is 0 Å². The number of thioether (sulfide) groups is 1. The summed E-state index contributed by atoms with van der Waals surface area (Å²) in [4.78, 5) is 18.0. The Bertz CT molecular complexity index is 551. The molecule has 20 heavy (non-hydrogen) atoms. The van der Waals surface area contributed by atoms with Crippen LogP contribution in [0.3, 0.4) is 0 Å². The molecule has 0 spiro atoms. The van der Waals surface area contributed by atoms with Crippen LogP contribution in [0.4, 0.5) is 4.79 Å². The SMILES string of the molecule is CCN(CC)C(=O)n1cnc(SCc2ccccc2)n1. The molecule has 0 unspecified atom stereocenters. The van der Waals surface area contributed by atoms with Crippen LogP contribution >= 0.6 is 11.8 Å². The fourth-order valence-electron chi connectivity index (χ4n) is 1.77. The van der Waals surface area contributed by atoms with Crippen LogP contribution in [-0.2, 0) is 5.75 Å². The highest BCUT2D eigenvalue weighted by molar-refractivity contribution is 7.98. The van der Waals surface area contributed by atoms with Gasteiger partial charge in [-0.15, -0.1) is 5.10 Å². The first-order chi connectivity index (χ1) is 9.74. The van der Waals surface area contributed by atoms with Crippen molar-refractivity contribution in [2.24, 2.45) is 0 Å².